The molecular weight excluding hydrogens is 483 g/mol. The third-order valence-electron chi connectivity index (χ3n) is 9.21. The number of hydrogen-bond donors (Lipinski definition) is 2. The number of aromatic hydroxyl groups is 1. The number of rotatable bonds is 4. The van der Waals surface area contributed by atoms with Crippen LogP contribution in [0.25, 0.3) is 0 Å². The van der Waals surface area contributed by atoms with Gasteiger partial charge in [-0.15, -0.1) is 0 Å². The van der Waals surface area contributed by atoms with Crippen LogP contribution in [0.2, 0.25) is 0 Å². The average Bonchev–Trinajstić information content (AvgIpc) is 3.67. The molecule has 1 amide bonds. The maximum Gasteiger partial charge on any atom is 0.433 e. The Morgan fingerprint density at radius 2 is 1.84 bits per heavy atom. The number of carbonyl (C=O) groups excluding carboxylic acids is 1. The van der Waals surface area contributed by atoms with E-state index in [1.807, 2.05) is 6.07 Å². The van der Waals surface area contributed by atoms with Crippen molar-refractivity contribution in [2.24, 2.45) is 5.92 Å². The molecule has 6 rings (SSSR count). The van der Waals surface area contributed by atoms with Crippen molar-refractivity contribution >= 4 is 5.91 Å². The Balaban J connectivity index is 1.29. The Labute approximate surface area is 214 Å². The quantitative estimate of drug-likeness (QED) is 0.650. The van der Waals surface area contributed by atoms with Crippen LogP contribution >= 0.6 is 0 Å². The highest BCUT2D eigenvalue weighted by molar-refractivity contribution is 5.78. The summed E-state index contributed by atoms with van der Waals surface area (Å²) in [6, 6.07) is 9.01. The van der Waals surface area contributed by atoms with Crippen LogP contribution in [0.4, 0.5) is 13.2 Å². The highest BCUT2D eigenvalue weighted by Crippen LogP contribution is 2.56. The van der Waals surface area contributed by atoms with Crippen molar-refractivity contribution in [2.75, 3.05) is 26.2 Å². The zero-order chi connectivity index (χ0) is 26.0. The van der Waals surface area contributed by atoms with E-state index in [4.69, 9.17) is 0 Å². The van der Waals surface area contributed by atoms with Crippen LogP contribution in [0.3, 0.4) is 0 Å². The second-order valence-electron chi connectivity index (χ2n) is 11.3. The molecule has 6 nitrogen and oxygen atoms in total. The number of nitrogens with zero attached hydrogens (tertiary/aromatic N) is 3. The van der Waals surface area contributed by atoms with Crippen molar-refractivity contribution in [3.8, 4) is 5.75 Å². The Bertz CT molecular complexity index is 1220. The van der Waals surface area contributed by atoms with Gasteiger partial charge in [-0.2, -0.15) is 13.2 Å². The third kappa shape index (κ3) is 4.20. The number of aromatic nitrogens is 1. The lowest BCUT2D eigenvalue weighted by molar-refractivity contribution is -0.149. The molecule has 0 radical (unpaired) electrons. The molecule has 1 aromatic carbocycles. The first kappa shape index (κ1) is 24.7. The maximum absolute atomic E-state index is 13.3. The van der Waals surface area contributed by atoms with Crippen molar-refractivity contribution in [2.45, 2.75) is 68.2 Å². The van der Waals surface area contributed by atoms with Gasteiger partial charge in [0.1, 0.15) is 11.4 Å². The molecule has 2 aliphatic heterocycles. The monoisotopic (exact) mass is 515 g/mol. The first-order valence-electron chi connectivity index (χ1n) is 13.2. The number of fused-ring (bicyclic) bond motifs is 1. The molecule has 3 heterocycles. The molecule has 1 aromatic heterocycles. The summed E-state index contributed by atoms with van der Waals surface area (Å²) in [5, 5.41) is 22.8. The SMILES string of the molecule is O=C(Cc1cccc(C(F)(F)F)n1)N1CCC23CCN(CC4CC4)C(Cc4ccc(O)cc42)C3(O)CC1. The lowest BCUT2D eigenvalue weighted by Crippen LogP contribution is -2.71. The first-order valence-corrected chi connectivity index (χ1v) is 13.2. The molecule has 2 N–H and O–H groups in total. The number of likely N-dealkylation sites (tertiary alicyclic amines) is 2. The molecule has 3 fully saturated rings. The molecule has 2 saturated heterocycles. The van der Waals surface area contributed by atoms with Gasteiger partial charge in [-0.3, -0.25) is 9.69 Å². The smallest absolute Gasteiger partial charge is 0.433 e. The van der Waals surface area contributed by atoms with Crippen molar-refractivity contribution < 1.29 is 28.2 Å². The topological polar surface area (TPSA) is 76.9 Å². The second-order valence-corrected chi connectivity index (χ2v) is 11.3. The van der Waals surface area contributed by atoms with Crippen molar-refractivity contribution in [3.05, 3.63) is 58.9 Å². The van der Waals surface area contributed by atoms with Crippen LogP contribution in [0.5, 0.6) is 5.75 Å². The summed E-state index contributed by atoms with van der Waals surface area (Å²) in [5.41, 5.74) is -0.457. The van der Waals surface area contributed by atoms with Gasteiger partial charge < -0.3 is 15.1 Å². The van der Waals surface area contributed by atoms with Crippen LogP contribution in [0.1, 0.15) is 54.6 Å². The van der Waals surface area contributed by atoms with Gasteiger partial charge in [-0.25, -0.2) is 4.98 Å². The van der Waals surface area contributed by atoms with E-state index in [1.54, 1.807) is 17.0 Å². The predicted molar refractivity (Wildman–Crippen MR) is 130 cm³/mol. The Kier molecular flexibility index (Phi) is 5.80. The zero-order valence-corrected chi connectivity index (χ0v) is 20.7. The Morgan fingerprint density at radius 3 is 2.59 bits per heavy atom. The van der Waals surface area contributed by atoms with E-state index in [1.165, 1.54) is 25.0 Å². The molecule has 3 unspecified atom stereocenters. The second kappa shape index (κ2) is 8.70. The Hall–Kier alpha value is -2.65. The summed E-state index contributed by atoms with van der Waals surface area (Å²) in [7, 11) is 0. The first-order chi connectivity index (χ1) is 17.6. The summed E-state index contributed by atoms with van der Waals surface area (Å²) in [4.78, 5) is 21.1. The zero-order valence-electron chi connectivity index (χ0n) is 20.7. The standard InChI is InChI=1S/C28H32F3N3O3/c29-28(30,31)23-3-1-2-20(32-23)15-25(36)33-11-8-26-9-12-34(17-18-4-5-18)24(27(26,37)10-13-33)14-19-6-7-21(35)16-22(19)26/h1-3,6-7,16,18,24,35,37H,4-5,8-15,17H2. The van der Waals surface area contributed by atoms with E-state index < -0.39 is 22.9 Å². The van der Waals surface area contributed by atoms with Gasteiger partial charge in [0.05, 0.1) is 17.7 Å². The van der Waals surface area contributed by atoms with Crippen molar-refractivity contribution in [1.82, 2.24) is 14.8 Å². The maximum atomic E-state index is 13.3. The summed E-state index contributed by atoms with van der Waals surface area (Å²) in [6.45, 7) is 2.56. The molecule has 0 spiro atoms. The van der Waals surface area contributed by atoms with Crippen molar-refractivity contribution in [3.63, 3.8) is 0 Å². The molecule has 198 valence electrons. The Morgan fingerprint density at radius 1 is 1.08 bits per heavy atom. The lowest BCUT2D eigenvalue weighted by atomic mass is 9.52. The molecule has 2 aromatic rings. The summed E-state index contributed by atoms with van der Waals surface area (Å²) >= 11 is 0. The number of phenolic OH excluding ortho intramolecular Hbond substituents is 1. The molecule has 1 saturated carbocycles. The van der Waals surface area contributed by atoms with E-state index in [0.29, 0.717) is 38.3 Å². The van der Waals surface area contributed by atoms with Gasteiger partial charge in [0.2, 0.25) is 5.91 Å². The number of hydrogen-bond acceptors (Lipinski definition) is 5. The number of benzene rings is 1. The minimum Gasteiger partial charge on any atom is -0.508 e. The molecule has 2 bridgehead atoms. The number of carbonyl (C=O) groups is 1. The predicted octanol–water partition coefficient (Wildman–Crippen LogP) is 3.68. The summed E-state index contributed by atoms with van der Waals surface area (Å²) < 4.78 is 39.3. The molecule has 2 aliphatic carbocycles. The number of pyridine rings is 1. The molecule has 9 heteroatoms. The van der Waals surface area contributed by atoms with Gasteiger partial charge in [0.25, 0.3) is 0 Å². The number of halogens is 3. The largest absolute Gasteiger partial charge is 0.508 e. The average molecular weight is 516 g/mol. The normalized spacial score (nSPS) is 29.8. The highest BCUT2D eigenvalue weighted by atomic mass is 19.4. The van der Waals surface area contributed by atoms with E-state index in [0.717, 1.165) is 36.7 Å². The highest BCUT2D eigenvalue weighted by Gasteiger charge is 2.63. The van der Waals surface area contributed by atoms with Crippen LogP contribution in [-0.2, 0) is 29.2 Å². The van der Waals surface area contributed by atoms with Gasteiger partial charge in [0.15, 0.2) is 0 Å². The van der Waals surface area contributed by atoms with Crippen LogP contribution in [-0.4, -0.2) is 68.7 Å². The molecular formula is C28H32F3N3O3. The molecule has 3 atom stereocenters. The fourth-order valence-electron chi connectivity index (χ4n) is 7.12. The van der Waals surface area contributed by atoms with Gasteiger partial charge >= 0.3 is 6.18 Å². The van der Waals surface area contributed by atoms with E-state index in [2.05, 4.69) is 9.88 Å². The number of aliphatic hydroxyl groups is 1. The lowest BCUT2D eigenvalue weighted by Gasteiger charge is -2.61. The number of amides is 1. The third-order valence-corrected chi connectivity index (χ3v) is 9.21. The van der Waals surface area contributed by atoms with E-state index >= 15 is 0 Å². The van der Waals surface area contributed by atoms with Gasteiger partial charge in [0, 0.05) is 31.1 Å². The fourth-order valence-corrected chi connectivity index (χ4v) is 7.12. The molecule has 37 heavy (non-hydrogen) atoms. The van der Waals surface area contributed by atoms with Gasteiger partial charge in [-0.05, 0) is 86.4 Å². The van der Waals surface area contributed by atoms with Crippen molar-refractivity contribution in [1.29, 1.82) is 0 Å². The number of alkyl halides is 3. The number of piperidine rings is 1. The minimum absolute atomic E-state index is 0.0703. The summed E-state index contributed by atoms with van der Waals surface area (Å²) in [5.74, 6) is 0.564. The summed E-state index contributed by atoms with van der Waals surface area (Å²) in [6.07, 6.45) is 0.0208. The molecule has 4 aliphatic rings. The fraction of sp³-hybridized carbons (Fsp3) is 0.571. The van der Waals surface area contributed by atoms with E-state index in [9.17, 15) is 28.2 Å². The van der Waals surface area contributed by atoms with Crippen LogP contribution in [0, 0.1) is 5.92 Å². The van der Waals surface area contributed by atoms with Gasteiger partial charge in [-0.1, -0.05) is 12.1 Å². The van der Waals surface area contributed by atoms with E-state index in [-0.39, 0.29) is 29.8 Å². The van der Waals surface area contributed by atoms with Crippen LogP contribution < -0.4 is 0 Å². The number of phenols is 1. The minimum atomic E-state index is -4.57. The van der Waals surface area contributed by atoms with Crippen LogP contribution in [0.15, 0.2) is 36.4 Å².